The first-order valence-electron chi connectivity index (χ1n) is 19.8. The van der Waals surface area contributed by atoms with Gasteiger partial charge < -0.3 is 38.1 Å². The fourth-order valence-corrected chi connectivity index (χ4v) is 6.00. The molecule has 9 heteroatoms. The number of likely N-dealkylation sites (N-methyl/N-ethyl adjacent to an activating group) is 2. The predicted octanol–water partition coefficient (Wildman–Crippen LogP) is 8.36. The van der Waals surface area contributed by atoms with E-state index in [2.05, 4.69) is 46.6 Å². The van der Waals surface area contributed by atoms with Crippen molar-refractivity contribution in [1.29, 1.82) is 0 Å². The van der Waals surface area contributed by atoms with Gasteiger partial charge >= 0.3 is 0 Å². The number of rotatable bonds is 32. The number of aliphatic hydroxyl groups excluding tert-OH is 2. The van der Waals surface area contributed by atoms with Crippen LogP contribution in [0.4, 0.5) is 0 Å². The van der Waals surface area contributed by atoms with Gasteiger partial charge in [-0.05, 0) is 32.6 Å². The third-order valence-corrected chi connectivity index (χ3v) is 9.51. The van der Waals surface area contributed by atoms with Crippen molar-refractivity contribution in [3.63, 3.8) is 0 Å². The molecule has 0 amide bonds. The summed E-state index contributed by atoms with van der Waals surface area (Å²) in [6, 6.07) is 0. The molecule has 0 bridgehead atoms. The summed E-state index contributed by atoms with van der Waals surface area (Å²) in [7, 11) is 4.20. The molecule has 0 aliphatic heterocycles. The van der Waals surface area contributed by atoms with Crippen molar-refractivity contribution in [2.24, 2.45) is 0 Å². The molecule has 0 aromatic heterocycles. The topological polar surface area (TPSA) is 113 Å². The third kappa shape index (κ3) is 50.4. The molecule has 0 spiro atoms. The van der Waals surface area contributed by atoms with Gasteiger partial charge in [0.2, 0.25) is 0 Å². The molecule has 0 aromatic carbocycles. The molecular weight excluding hydrogens is 611 g/mol. The average Bonchev–Trinajstić information content (AvgIpc) is 2.98. The van der Waals surface area contributed by atoms with Crippen LogP contribution in [0.1, 0.15) is 175 Å². The summed E-state index contributed by atoms with van der Waals surface area (Å²) in [6.45, 7) is 10.7. The Hall–Kier alpha value is -0.0500. The number of quaternary nitrogens is 2. The summed E-state index contributed by atoms with van der Waals surface area (Å²) in [6.07, 6.45) is 33.9. The van der Waals surface area contributed by atoms with Crippen LogP contribution in [0.5, 0.6) is 0 Å². The maximum atomic E-state index is 9.48. The average molecular weight is 697 g/mol. The highest BCUT2D eigenvalue weighted by Gasteiger charge is 2.13. The molecule has 47 heavy (non-hydrogen) atoms. The van der Waals surface area contributed by atoms with E-state index in [-0.39, 0.29) is 6.61 Å². The van der Waals surface area contributed by atoms with Gasteiger partial charge in [-0.3, -0.25) is 0 Å². The number of hydrogen-bond acceptors (Lipinski definition) is 6. The minimum atomic E-state index is -4.67. The lowest BCUT2D eigenvalue weighted by atomic mass is 10.1. The van der Waals surface area contributed by atoms with Gasteiger partial charge in [0, 0.05) is 6.61 Å². The molecule has 0 saturated carbocycles. The van der Waals surface area contributed by atoms with Crippen LogP contribution in [0.25, 0.3) is 0 Å². The van der Waals surface area contributed by atoms with Gasteiger partial charge in [-0.15, -0.1) is 0 Å². The largest absolute Gasteiger partial charge is 0.790 e. The van der Waals surface area contributed by atoms with E-state index in [9.17, 15) is 14.4 Å². The molecule has 0 radical (unpaired) electrons. The predicted molar refractivity (Wildman–Crippen MR) is 199 cm³/mol. The first-order valence-corrected chi connectivity index (χ1v) is 21.3. The third-order valence-electron chi connectivity index (χ3n) is 8.93. The van der Waals surface area contributed by atoms with Gasteiger partial charge in [-0.25, -0.2) is 0 Å². The minimum absolute atomic E-state index is 0.0791. The Morgan fingerprint density at radius 3 is 0.851 bits per heavy atom. The molecule has 0 aliphatic carbocycles. The van der Waals surface area contributed by atoms with Gasteiger partial charge in [-0.2, -0.15) is 0 Å². The van der Waals surface area contributed by atoms with E-state index in [0.29, 0.717) is 13.2 Å². The number of aliphatic hydroxyl groups is 2. The Morgan fingerprint density at radius 1 is 0.447 bits per heavy atom. The lowest BCUT2D eigenvalue weighted by Crippen LogP contribution is -2.42. The molecule has 0 saturated heterocycles. The van der Waals surface area contributed by atoms with E-state index < -0.39 is 7.82 Å². The summed E-state index contributed by atoms with van der Waals surface area (Å²) in [5.41, 5.74) is 0. The van der Waals surface area contributed by atoms with Crippen molar-refractivity contribution in [3.8, 4) is 0 Å². The number of phosphoric acid groups is 1. The van der Waals surface area contributed by atoms with E-state index in [1.165, 1.54) is 174 Å². The summed E-state index contributed by atoms with van der Waals surface area (Å²) < 4.78 is 15.1. The Bertz CT molecular complexity index is 604. The summed E-state index contributed by atoms with van der Waals surface area (Å²) in [5, 5.41) is 18.0. The standard InChI is InChI=1S/2C18H40NO.C2H7O4P/c2*1-4-5-6-7-8-9-10-11-12-13-14-15-16-19(2,3)17-18-20;1-2-6-7(3,4)5/h2*20H,4-18H2,1-3H3;2H2,1H3,(H2,3,4,5)/q2*+1;/p-2. The lowest BCUT2D eigenvalue weighted by molar-refractivity contribution is -0.890. The van der Waals surface area contributed by atoms with Gasteiger partial charge in [0.05, 0.1) is 62.3 Å². The fraction of sp³-hybridized carbons (Fsp3) is 1.00. The molecule has 0 heterocycles. The van der Waals surface area contributed by atoms with Crippen molar-refractivity contribution < 1.29 is 38.1 Å². The lowest BCUT2D eigenvalue weighted by Gasteiger charge is -2.28. The van der Waals surface area contributed by atoms with E-state index in [1.807, 2.05) is 0 Å². The quantitative estimate of drug-likeness (QED) is 0.0415. The van der Waals surface area contributed by atoms with Gasteiger partial charge in [0.1, 0.15) is 13.1 Å². The summed E-state index contributed by atoms with van der Waals surface area (Å²) >= 11 is 0. The van der Waals surface area contributed by atoms with Crippen molar-refractivity contribution in [3.05, 3.63) is 0 Å². The molecular formula is C38H85N2O6P. The zero-order chi connectivity index (χ0) is 36.1. The highest BCUT2D eigenvalue weighted by atomic mass is 31.2. The zero-order valence-electron chi connectivity index (χ0n) is 32.8. The highest BCUT2D eigenvalue weighted by Crippen LogP contribution is 2.23. The first-order chi connectivity index (χ1) is 22.3. The van der Waals surface area contributed by atoms with Crippen molar-refractivity contribution >= 4 is 7.82 Å². The second-order valence-corrected chi connectivity index (χ2v) is 16.0. The molecule has 0 fully saturated rings. The SMILES string of the molecule is CCCCCCCCCCCCCC[N+](C)(C)CCO.CCCCCCCCCCCCCC[N+](C)(C)CCO.CCOP(=O)([O-])[O-]. The molecule has 0 unspecified atom stereocenters. The molecule has 0 atom stereocenters. The van der Waals surface area contributed by atoms with E-state index in [1.54, 1.807) is 0 Å². The fourth-order valence-electron chi connectivity index (χ4n) is 5.68. The second kappa shape index (κ2) is 37.2. The number of unbranched alkanes of at least 4 members (excludes halogenated alkanes) is 22. The van der Waals surface area contributed by atoms with Crippen LogP contribution >= 0.6 is 7.82 Å². The minimum Gasteiger partial charge on any atom is -0.790 e. The van der Waals surface area contributed by atoms with Crippen LogP contribution in [0.15, 0.2) is 0 Å². The highest BCUT2D eigenvalue weighted by molar-refractivity contribution is 7.43. The van der Waals surface area contributed by atoms with Crippen molar-refractivity contribution in [2.75, 3.05) is 74.2 Å². The first kappa shape index (κ1) is 51.3. The Labute approximate surface area is 294 Å². The van der Waals surface area contributed by atoms with Gasteiger partial charge in [-0.1, -0.05) is 142 Å². The Kier molecular flexibility index (Phi) is 40.6. The summed E-state index contributed by atoms with van der Waals surface area (Å²) in [4.78, 5) is 19.0. The monoisotopic (exact) mass is 697 g/mol. The number of nitrogens with zero attached hydrogens (tertiary/aromatic N) is 2. The molecule has 0 aliphatic rings. The molecule has 0 rings (SSSR count). The zero-order valence-corrected chi connectivity index (χ0v) is 33.7. The maximum Gasteiger partial charge on any atom is 0.102 e. The van der Waals surface area contributed by atoms with Gasteiger partial charge in [0.15, 0.2) is 0 Å². The van der Waals surface area contributed by atoms with Crippen LogP contribution in [0, 0.1) is 0 Å². The van der Waals surface area contributed by atoms with Crippen molar-refractivity contribution in [2.45, 2.75) is 175 Å². The Balaban J connectivity index is -0.000000685. The molecule has 8 nitrogen and oxygen atoms in total. The van der Waals surface area contributed by atoms with E-state index in [0.717, 1.165) is 22.1 Å². The normalized spacial score (nSPS) is 12.0. The summed E-state index contributed by atoms with van der Waals surface area (Å²) in [5.74, 6) is 0. The maximum absolute atomic E-state index is 9.48. The second-order valence-electron chi connectivity index (χ2n) is 14.9. The number of phosphoric ester groups is 1. The van der Waals surface area contributed by atoms with Crippen LogP contribution in [0.3, 0.4) is 0 Å². The van der Waals surface area contributed by atoms with E-state index in [4.69, 9.17) is 10.2 Å². The van der Waals surface area contributed by atoms with Crippen LogP contribution in [0.2, 0.25) is 0 Å². The van der Waals surface area contributed by atoms with Crippen LogP contribution < -0.4 is 9.79 Å². The molecule has 0 aromatic rings. The number of hydrogen-bond donors (Lipinski definition) is 2. The van der Waals surface area contributed by atoms with Crippen LogP contribution in [-0.4, -0.2) is 93.4 Å². The van der Waals surface area contributed by atoms with Crippen LogP contribution in [-0.2, 0) is 9.09 Å². The smallest absolute Gasteiger partial charge is 0.102 e. The Morgan fingerprint density at radius 2 is 0.681 bits per heavy atom. The van der Waals surface area contributed by atoms with E-state index >= 15 is 0 Å². The van der Waals surface area contributed by atoms with Gasteiger partial charge in [0.25, 0.3) is 0 Å². The molecule has 288 valence electrons. The molecule has 2 N–H and O–H groups in total. The van der Waals surface area contributed by atoms with Crippen molar-refractivity contribution in [1.82, 2.24) is 0 Å².